The number of amides is 1. The van der Waals surface area contributed by atoms with Crippen LogP contribution in [0.15, 0.2) is 59.6 Å². The second kappa shape index (κ2) is 9.94. The number of carbonyl (C=O) groups excluding carboxylic acids is 1. The van der Waals surface area contributed by atoms with Gasteiger partial charge in [-0.05, 0) is 85.0 Å². The number of carbonyl (C=O) groups is 1. The minimum atomic E-state index is -0.921. The lowest BCUT2D eigenvalue weighted by Crippen LogP contribution is -2.46. The number of likely N-dealkylation sites (N-methyl/N-ethyl adjacent to an activating group) is 1. The highest BCUT2D eigenvalue weighted by Crippen LogP contribution is 2.41. The fraction of sp³-hybridized carbons (Fsp3) is 0.310. The topological polar surface area (TPSA) is 68.2 Å². The number of aromatic hydroxyl groups is 1. The van der Waals surface area contributed by atoms with Crippen LogP contribution in [0.1, 0.15) is 29.2 Å². The Labute approximate surface area is 215 Å². The molecule has 0 spiro atoms. The first-order valence-corrected chi connectivity index (χ1v) is 12.4. The molecule has 5 rings (SSSR count). The predicted octanol–water partition coefficient (Wildman–Crippen LogP) is 5.19. The molecule has 37 heavy (non-hydrogen) atoms. The maximum Gasteiger partial charge on any atom is 0.250 e. The van der Waals surface area contributed by atoms with Crippen molar-refractivity contribution in [3.63, 3.8) is 0 Å². The Morgan fingerprint density at radius 3 is 2.70 bits per heavy atom. The highest BCUT2D eigenvalue weighted by molar-refractivity contribution is 5.99. The quantitative estimate of drug-likeness (QED) is 0.502. The zero-order chi connectivity index (χ0) is 26.3. The number of benzene rings is 3. The van der Waals surface area contributed by atoms with E-state index in [0.717, 1.165) is 22.3 Å². The Balaban J connectivity index is 1.60. The number of rotatable bonds is 5. The van der Waals surface area contributed by atoms with Crippen molar-refractivity contribution < 1.29 is 18.7 Å². The molecule has 1 amide bonds. The number of nitrogens with zero attached hydrogens (tertiary/aromatic N) is 3. The summed E-state index contributed by atoms with van der Waals surface area (Å²) in [5, 5.41) is 13.2. The van der Waals surface area contributed by atoms with Gasteiger partial charge >= 0.3 is 0 Å². The van der Waals surface area contributed by atoms with Gasteiger partial charge < -0.3 is 20.2 Å². The highest BCUT2D eigenvalue weighted by Gasteiger charge is 2.36. The molecule has 1 saturated heterocycles. The van der Waals surface area contributed by atoms with Crippen molar-refractivity contribution in [2.24, 2.45) is 4.99 Å². The Kier molecular flexibility index (Phi) is 6.69. The van der Waals surface area contributed by atoms with Crippen molar-refractivity contribution in [1.82, 2.24) is 10.2 Å². The molecule has 0 radical (unpaired) electrons. The molecule has 0 aliphatic carbocycles. The average molecular weight is 505 g/mol. The lowest BCUT2D eigenvalue weighted by Gasteiger charge is -2.36. The Morgan fingerprint density at radius 1 is 1.19 bits per heavy atom. The van der Waals surface area contributed by atoms with E-state index in [2.05, 4.69) is 10.3 Å². The number of phenols is 1. The molecule has 1 fully saturated rings. The molecule has 3 aromatic rings. The van der Waals surface area contributed by atoms with Crippen molar-refractivity contribution >= 4 is 23.6 Å². The number of phenolic OH excluding ortho intramolecular Hbond substituents is 1. The Hall–Kier alpha value is -3.78. The van der Waals surface area contributed by atoms with Crippen molar-refractivity contribution in [2.45, 2.75) is 38.5 Å². The van der Waals surface area contributed by atoms with Crippen molar-refractivity contribution in [3.8, 4) is 16.9 Å². The number of aryl methyl sites for hydroxylation is 2. The van der Waals surface area contributed by atoms with Crippen LogP contribution in [-0.2, 0) is 4.79 Å². The van der Waals surface area contributed by atoms with E-state index in [0.29, 0.717) is 29.9 Å². The Morgan fingerprint density at radius 2 is 2.00 bits per heavy atom. The van der Waals surface area contributed by atoms with Crippen LogP contribution in [0.2, 0.25) is 0 Å². The summed E-state index contributed by atoms with van der Waals surface area (Å²) in [5.41, 5.74) is 5.18. The van der Waals surface area contributed by atoms with E-state index in [1.165, 1.54) is 12.1 Å². The number of hydrogen-bond donors (Lipinski definition) is 2. The second-order valence-corrected chi connectivity index (χ2v) is 9.97. The monoisotopic (exact) mass is 504 g/mol. The van der Waals surface area contributed by atoms with E-state index in [1.807, 2.05) is 31.2 Å². The van der Waals surface area contributed by atoms with Gasteiger partial charge in [0.05, 0.1) is 12.0 Å². The standard InChI is InChI=1S/C29H30F2N4O2/c1-17-7-20(30)12-23(8-17)35-16-33-27-9-18(2)25(19-5-4-6-24(36)10-19)13-26(27)28(35)29(37)34(3)15-22-11-21(31)14-32-22/h4-10,12-13,16,21-22,28,32,36H,11,14-15H2,1-3H3/t21-,22+,28?/m1/s1. The van der Waals surface area contributed by atoms with E-state index in [1.54, 1.807) is 48.3 Å². The summed E-state index contributed by atoms with van der Waals surface area (Å²) in [4.78, 5) is 22.0. The summed E-state index contributed by atoms with van der Waals surface area (Å²) >= 11 is 0. The van der Waals surface area contributed by atoms with Crippen LogP contribution < -0.4 is 10.2 Å². The van der Waals surface area contributed by atoms with Gasteiger partial charge in [0.2, 0.25) is 5.91 Å². The number of halogens is 2. The molecule has 3 atom stereocenters. The SMILES string of the molecule is Cc1cc(F)cc(N2C=Nc3cc(C)c(-c4cccc(O)c4)cc3C2C(=O)N(C)C[C@@H]2C[C@@H](F)CN2)c1. The first kappa shape index (κ1) is 24.9. The molecule has 2 aliphatic rings. The molecule has 2 heterocycles. The summed E-state index contributed by atoms with van der Waals surface area (Å²) in [5.74, 6) is -0.460. The van der Waals surface area contributed by atoms with Gasteiger partial charge in [-0.25, -0.2) is 13.8 Å². The third-order valence-electron chi connectivity index (χ3n) is 7.02. The zero-order valence-corrected chi connectivity index (χ0v) is 21.1. The second-order valence-electron chi connectivity index (χ2n) is 9.97. The van der Waals surface area contributed by atoms with Crippen LogP contribution in [0, 0.1) is 19.7 Å². The zero-order valence-electron chi connectivity index (χ0n) is 21.1. The van der Waals surface area contributed by atoms with Gasteiger partial charge in [0, 0.05) is 37.4 Å². The number of anilines is 1. The van der Waals surface area contributed by atoms with E-state index >= 15 is 0 Å². The summed E-state index contributed by atoms with van der Waals surface area (Å²) in [7, 11) is 1.71. The van der Waals surface area contributed by atoms with Crippen molar-refractivity contribution in [2.75, 3.05) is 25.0 Å². The molecule has 192 valence electrons. The first-order valence-electron chi connectivity index (χ1n) is 12.4. The van der Waals surface area contributed by atoms with Gasteiger partial charge in [-0.3, -0.25) is 4.79 Å². The molecule has 2 N–H and O–H groups in total. The van der Waals surface area contributed by atoms with Gasteiger partial charge in [0.15, 0.2) is 0 Å². The lowest BCUT2D eigenvalue weighted by molar-refractivity contribution is -0.131. The summed E-state index contributed by atoms with van der Waals surface area (Å²) in [6, 6.07) is 14.5. The molecule has 0 aromatic heterocycles. The van der Waals surface area contributed by atoms with E-state index in [9.17, 15) is 18.7 Å². The predicted molar refractivity (Wildman–Crippen MR) is 142 cm³/mol. The third-order valence-corrected chi connectivity index (χ3v) is 7.02. The maximum absolute atomic E-state index is 14.4. The van der Waals surface area contributed by atoms with Crippen LogP contribution in [0.3, 0.4) is 0 Å². The minimum Gasteiger partial charge on any atom is -0.508 e. The average Bonchev–Trinajstić information content (AvgIpc) is 3.26. The fourth-order valence-electron chi connectivity index (χ4n) is 5.24. The van der Waals surface area contributed by atoms with Gasteiger partial charge in [0.25, 0.3) is 0 Å². The van der Waals surface area contributed by atoms with Gasteiger partial charge in [-0.15, -0.1) is 0 Å². The Bertz CT molecular complexity index is 1360. The summed E-state index contributed by atoms with van der Waals surface area (Å²) in [6.07, 6.45) is 1.01. The molecule has 1 unspecified atom stereocenters. The summed E-state index contributed by atoms with van der Waals surface area (Å²) < 4.78 is 28.2. The van der Waals surface area contributed by atoms with E-state index in [-0.39, 0.29) is 24.2 Å². The first-order chi connectivity index (χ1) is 17.7. The number of hydrogen-bond acceptors (Lipinski definition) is 5. The van der Waals surface area contributed by atoms with Gasteiger partial charge in [0.1, 0.15) is 23.8 Å². The van der Waals surface area contributed by atoms with Crippen molar-refractivity contribution in [3.05, 3.63) is 77.1 Å². The number of alkyl halides is 1. The third kappa shape index (κ3) is 5.06. The maximum atomic E-state index is 14.4. The van der Waals surface area contributed by atoms with Crippen LogP contribution in [0.25, 0.3) is 11.1 Å². The molecular weight excluding hydrogens is 474 g/mol. The fourth-order valence-corrected chi connectivity index (χ4v) is 5.24. The lowest BCUT2D eigenvalue weighted by atomic mass is 9.91. The molecule has 0 bridgehead atoms. The number of aliphatic imine (C=N–C) groups is 1. The highest BCUT2D eigenvalue weighted by atomic mass is 19.1. The number of fused-ring (bicyclic) bond motifs is 1. The summed E-state index contributed by atoms with van der Waals surface area (Å²) in [6.45, 7) is 4.39. The minimum absolute atomic E-state index is 0.133. The molecule has 6 nitrogen and oxygen atoms in total. The van der Waals surface area contributed by atoms with Gasteiger partial charge in [-0.2, -0.15) is 0 Å². The van der Waals surface area contributed by atoms with Crippen LogP contribution in [0.5, 0.6) is 5.75 Å². The van der Waals surface area contributed by atoms with Crippen molar-refractivity contribution in [1.29, 1.82) is 0 Å². The van der Waals surface area contributed by atoms with E-state index in [4.69, 9.17) is 0 Å². The molecule has 0 saturated carbocycles. The van der Waals surface area contributed by atoms with Crippen LogP contribution >= 0.6 is 0 Å². The normalized spacial score (nSPS) is 20.7. The van der Waals surface area contributed by atoms with Crippen LogP contribution in [0.4, 0.5) is 20.2 Å². The largest absolute Gasteiger partial charge is 0.508 e. The molecule has 3 aromatic carbocycles. The molecule has 2 aliphatic heterocycles. The molecular formula is C29H30F2N4O2. The number of nitrogens with one attached hydrogen (secondary N) is 1. The smallest absolute Gasteiger partial charge is 0.250 e. The van der Waals surface area contributed by atoms with Crippen LogP contribution in [-0.4, -0.2) is 54.6 Å². The van der Waals surface area contributed by atoms with Gasteiger partial charge in [-0.1, -0.05) is 12.1 Å². The van der Waals surface area contributed by atoms with E-state index < -0.39 is 18.0 Å². The molecule has 8 heteroatoms.